The lowest BCUT2D eigenvalue weighted by atomic mass is 9.97. The van der Waals surface area contributed by atoms with Gasteiger partial charge in [0.15, 0.2) is 0 Å². The lowest BCUT2D eigenvalue weighted by Crippen LogP contribution is -2.32. The minimum absolute atomic E-state index is 0.574. The van der Waals surface area contributed by atoms with Crippen molar-refractivity contribution < 1.29 is 17.7 Å². The first-order valence-corrected chi connectivity index (χ1v) is 8.35. The van der Waals surface area contributed by atoms with Crippen LogP contribution >= 0.6 is 0 Å². The molecule has 0 N–H and O–H groups in total. The molecule has 0 fully saturated rings. The summed E-state index contributed by atoms with van der Waals surface area (Å²) in [6.45, 7) is 2.08. The Balaban J connectivity index is 1.93. The quantitative estimate of drug-likeness (QED) is 0.381. The average Bonchev–Trinajstić information content (AvgIpc) is 2.62. The Kier molecular flexibility index (Phi) is 3.72. The monoisotopic (exact) mass is 352 g/mol. The van der Waals surface area contributed by atoms with E-state index in [1.807, 2.05) is 29.8 Å². The van der Waals surface area contributed by atoms with Gasteiger partial charge in [0.1, 0.15) is 7.05 Å². The zero-order valence-corrected chi connectivity index (χ0v) is 14.4. The predicted octanol–water partition coefficient (Wildman–Crippen LogP) is 5.81. The van der Waals surface area contributed by atoms with Gasteiger partial charge >= 0.3 is 6.18 Å². The molecule has 0 aliphatic rings. The maximum absolute atomic E-state index is 13.0. The molecule has 0 atom stereocenters. The van der Waals surface area contributed by atoms with Crippen molar-refractivity contribution in [2.75, 3.05) is 0 Å². The first-order valence-electron chi connectivity index (χ1n) is 8.35. The van der Waals surface area contributed by atoms with E-state index in [-0.39, 0.29) is 0 Å². The number of benzene rings is 3. The third-order valence-electron chi connectivity index (χ3n) is 4.97. The third kappa shape index (κ3) is 2.62. The van der Waals surface area contributed by atoms with Crippen molar-refractivity contribution in [2.24, 2.45) is 7.05 Å². The molecule has 0 aliphatic heterocycles. The molecule has 0 saturated heterocycles. The van der Waals surface area contributed by atoms with E-state index in [1.165, 1.54) is 22.9 Å². The van der Waals surface area contributed by atoms with Crippen molar-refractivity contribution in [3.05, 3.63) is 77.9 Å². The molecule has 1 heterocycles. The Bertz CT molecular complexity index is 1140. The van der Waals surface area contributed by atoms with Crippen LogP contribution in [0, 0.1) is 6.92 Å². The summed E-state index contributed by atoms with van der Waals surface area (Å²) < 4.78 is 40.8. The normalized spacial score (nSPS) is 12.0. The fraction of sp³-hybridized carbons (Fsp3) is 0.136. The minimum Gasteiger partial charge on any atom is -0.194 e. The molecule has 1 aromatic heterocycles. The highest BCUT2D eigenvalue weighted by Crippen LogP contribution is 2.32. The van der Waals surface area contributed by atoms with Crippen LogP contribution in [0.5, 0.6) is 0 Å². The second-order valence-corrected chi connectivity index (χ2v) is 6.51. The molecule has 1 nitrogen and oxygen atoms in total. The van der Waals surface area contributed by atoms with Crippen LogP contribution in [0.2, 0.25) is 0 Å². The lowest BCUT2D eigenvalue weighted by Gasteiger charge is -2.11. The summed E-state index contributed by atoms with van der Waals surface area (Å²) in [6.07, 6.45) is -4.33. The van der Waals surface area contributed by atoms with E-state index in [0.717, 1.165) is 28.4 Å². The average molecular weight is 352 g/mol. The molecule has 4 rings (SSSR count). The summed E-state index contributed by atoms with van der Waals surface area (Å²) in [5.74, 6) is 0. The molecule has 0 saturated carbocycles. The van der Waals surface area contributed by atoms with Gasteiger partial charge in [-0.3, -0.25) is 0 Å². The number of aryl methyl sites for hydroxylation is 2. The number of halogens is 3. The van der Waals surface area contributed by atoms with E-state index in [2.05, 4.69) is 31.2 Å². The molecular weight excluding hydrogens is 335 g/mol. The van der Waals surface area contributed by atoms with Crippen molar-refractivity contribution in [1.82, 2.24) is 0 Å². The molecule has 4 heteroatoms. The molecule has 0 spiro atoms. The van der Waals surface area contributed by atoms with Gasteiger partial charge in [-0.2, -0.15) is 17.7 Å². The smallest absolute Gasteiger partial charge is 0.194 e. The minimum atomic E-state index is -4.33. The molecule has 3 aromatic carbocycles. The standard InChI is InChI=1S/C22H17F3N/c1-14-18-6-4-3-5-15(18)7-10-19(14)21-11-8-16-13-17(22(23,24)25)9-12-20(16)26(21)2/h3-13H,1-2H3/q+1. The molecule has 26 heavy (non-hydrogen) atoms. The van der Waals surface area contributed by atoms with Crippen LogP contribution in [0.1, 0.15) is 11.1 Å². The van der Waals surface area contributed by atoms with Crippen molar-refractivity contribution in [3.8, 4) is 11.3 Å². The highest BCUT2D eigenvalue weighted by molar-refractivity contribution is 5.91. The fourth-order valence-electron chi connectivity index (χ4n) is 3.56. The van der Waals surface area contributed by atoms with E-state index >= 15 is 0 Å². The summed E-state index contributed by atoms with van der Waals surface area (Å²) in [4.78, 5) is 0. The molecule has 4 aromatic rings. The second-order valence-electron chi connectivity index (χ2n) is 6.51. The van der Waals surface area contributed by atoms with Gasteiger partial charge in [-0.15, -0.1) is 0 Å². The van der Waals surface area contributed by atoms with Crippen LogP contribution in [-0.4, -0.2) is 0 Å². The van der Waals surface area contributed by atoms with Gasteiger partial charge in [0.25, 0.3) is 0 Å². The Morgan fingerprint density at radius 1 is 0.808 bits per heavy atom. The largest absolute Gasteiger partial charge is 0.416 e. The first kappa shape index (κ1) is 16.6. The number of hydrogen-bond donors (Lipinski definition) is 0. The number of alkyl halides is 3. The molecule has 0 radical (unpaired) electrons. The van der Waals surface area contributed by atoms with Crippen molar-refractivity contribution >= 4 is 21.7 Å². The Morgan fingerprint density at radius 2 is 1.54 bits per heavy atom. The predicted molar refractivity (Wildman–Crippen MR) is 97.8 cm³/mol. The van der Waals surface area contributed by atoms with Crippen LogP contribution < -0.4 is 4.57 Å². The van der Waals surface area contributed by atoms with Gasteiger partial charge in [0, 0.05) is 23.1 Å². The van der Waals surface area contributed by atoms with Gasteiger partial charge in [0.2, 0.25) is 11.2 Å². The number of aromatic nitrogens is 1. The highest BCUT2D eigenvalue weighted by Gasteiger charge is 2.31. The fourth-order valence-corrected chi connectivity index (χ4v) is 3.56. The molecular formula is C22H17F3N+. The summed E-state index contributed by atoms with van der Waals surface area (Å²) >= 11 is 0. The van der Waals surface area contributed by atoms with Gasteiger partial charge in [-0.25, -0.2) is 0 Å². The maximum Gasteiger partial charge on any atom is 0.416 e. The number of fused-ring (bicyclic) bond motifs is 2. The Morgan fingerprint density at radius 3 is 2.31 bits per heavy atom. The maximum atomic E-state index is 13.0. The SMILES string of the molecule is Cc1c(-c2ccc3cc(C(F)(F)F)ccc3[n+]2C)ccc2ccccc12. The molecule has 0 bridgehead atoms. The van der Waals surface area contributed by atoms with Gasteiger partial charge in [-0.1, -0.05) is 30.3 Å². The Labute approximate surface area is 149 Å². The lowest BCUT2D eigenvalue weighted by molar-refractivity contribution is -0.633. The van der Waals surface area contributed by atoms with Crippen LogP contribution in [0.4, 0.5) is 13.2 Å². The number of nitrogens with zero attached hydrogens (tertiary/aromatic N) is 1. The molecule has 0 unspecified atom stereocenters. The number of pyridine rings is 1. The number of rotatable bonds is 1. The molecule has 0 aliphatic carbocycles. The van der Waals surface area contributed by atoms with E-state index in [9.17, 15) is 13.2 Å². The second kappa shape index (κ2) is 5.84. The third-order valence-corrected chi connectivity index (χ3v) is 4.97. The van der Waals surface area contributed by atoms with E-state index in [4.69, 9.17) is 0 Å². The zero-order chi connectivity index (χ0) is 18.5. The van der Waals surface area contributed by atoms with Crippen LogP contribution in [0.15, 0.2) is 66.7 Å². The molecule has 130 valence electrons. The summed E-state index contributed by atoms with van der Waals surface area (Å²) in [5, 5.41) is 2.93. The van der Waals surface area contributed by atoms with Crippen LogP contribution in [0.3, 0.4) is 0 Å². The molecule has 0 amide bonds. The van der Waals surface area contributed by atoms with Crippen LogP contribution in [0.25, 0.3) is 32.9 Å². The van der Waals surface area contributed by atoms with Gasteiger partial charge in [0.05, 0.1) is 5.56 Å². The van der Waals surface area contributed by atoms with Gasteiger partial charge in [-0.05, 0) is 47.5 Å². The summed E-state index contributed by atoms with van der Waals surface area (Å²) in [5.41, 5.74) is 3.35. The van der Waals surface area contributed by atoms with E-state index < -0.39 is 11.7 Å². The van der Waals surface area contributed by atoms with E-state index in [1.54, 1.807) is 6.07 Å². The zero-order valence-electron chi connectivity index (χ0n) is 14.4. The van der Waals surface area contributed by atoms with Crippen LogP contribution in [-0.2, 0) is 13.2 Å². The summed E-state index contributed by atoms with van der Waals surface area (Å²) in [7, 11) is 1.89. The topological polar surface area (TPSA) is 3.88 Å². The highest BCUT2D eigenvalue weighted by atomic mass is 19.4. The summed E-state index contributed by atoms with van der Waals surface area (Å²) in [6, 6.07) is 19.9. The first-order chi connectivity index (χ1) is 12.4. The van der Waals surface area contributed by atoms with Crippen molar-refractivity contribution in [3.63, 3.8) is 0 Å². The Hall–Kier alpha value is -2.88. The van der Waals surface area contributed by atoms with Crippen molar-refractivity contribution in [1.29, 1.82) is 0 Å². The number of hydrogen-bond acceptors (Lipinski definition) is 0. The van der Waals surface area contributed by atoms with Crippen molar-refractivity contribution in [2.45, 2.75) is 13.1 Å². The van der Waals surface area contributed by atoms with E-state index in [0.29, 0.717) is 5.39 Å². The van der Waals surface area contributed by atoms with Gasteiger partial charge < -0.3 is 0 Å².